The summed E-state index contributed by atoms with van der Waals surface area (Å²) in [7, 11) is -0.498. The van der Waals surface area contributed by atoms with Crippen LogP contribution in [-0.4, -0.2) is 45.3 Å². The van der Waals surface area contributed by atoms with E-state index < -0.39 is 21.0 Å². The molecule has 6 heteroatoms. The van der Waals surface area contributed by atoms with E-state index in [1.807, 2.05) is 13.8 Å². The first-order valence-corrected chi connectivity index (χ1v) is 8.01. The molecular weight excluding hydrogens is 238 g/mol. The molecule has 0 saturated carbocycles. The number of ether oxygens (including phenoxy) is 2. The molecule has 0 saturated heterocycles. The van der Waals surface area contributed by atoms with Gasteiger partial charge >= 0.3 is 0 Å². The fraction of sp³-hybridized carbons (Fsp3) is 0.909. The quantitative estimate of drug-likeness (QED) is 0.329. The number of rotatable bonds is 10. The monoisotopic (exact) mass is 263 g/mol. The zero-order chi connectivity index (χ0) is 13.3. The average molecular weight is 263 g/mol. The van der Waals surface area contributed by atoms with E-state index in [1.165, 1.54) is 6.92 Å². The highest BCUT2D eigenvalue weighted by atomic mass is 28.2. The van der Waals surface area contributed by atoms with Crippen LogP contribution in [0.2, 0.25) is 6.04 Å². The van der Waals surface area contributed by atoms with Crippen molar-refractivity contribution in [2.45, 2.75) is 51.2 Å². The number of amides is 1. The minimum atomic E-state index is -1.39. The number of nitrogens with two attached hydrogens (primary N) is 1. The zero-order valence-corrected chi connectivity index (χ0v) is 12.5. The third kappa shape index (κ3) is 7.48. The van der Waals surface area contributed by atoms with Crippen LogP contribution in [0.1, 0.15) is 33.6 Å². The van der Waals surface area contributed by atoms with Crippen LogP contribution in [0.3, 0.4) is 0 Å². The highest BCUT2D eigenvalue weighted by molar-refractivity contribution is 6.36. The maximum Gasteiger partial charge on any atom is 0.249 e. The summed E-state index contributed by atoms with van der Waals surface area (Å²) in [6.45, 7) is 6.64. The Balaban J connectivity index is 3.77. The van der Waals surface area contributed by atoms with Crippen molar-refractivity contribution in [3.05, 3.63) is 0 Å². The standard InChI is InChI=1S/C11H25NO4Si/c1-4-15-10(16-5-2)17-8-6-7-11(3,14)9(12)13/h10,14H,4-8,17H2,1-3H3,(H2,12,13). The van der Waals surface area contributed by atoms with Gasteiger partial charge in [0.1, 0.15) is 11.5 Å². The van der Waals surface area contributed by atoms with E-state index in [0.717, 1.165) is 12.5 Å². The minimum Gasteiger partial charge on any atom is -0.380 e. The lowest BCUT2D eigenvalue weighted by Gasteiger charge is -2.20. The van der Waals surface area contributed by atoms with Crippen molar-refractivity contribution >= 4 is 15.4 Å². The Labute approximate surface area is 105 Å². The van der Waals surface area contributed by atoms with Crippen molar-refractivity contribution < 1.29 is 19.4 Å². The molecule has 0 fully saturated rings. The van der Waals surface area contributed by atoms with Crippen molar-refractivity contribution in [1.82, 2.24) is 0 Å². The normalized spacial score (nSPS) is 15.6. The predicted molar refractivity (Wildman–Crippen MR) is 69.4 cm³/mol. The van der Waals surface area contributed by atoms with Gasteiger partial charge in [0.25, 0.3) is 0 Å². The van der Waals surface area contributed by atoms with Crippen LogP contribution in [0, 0.1) is 0 Å². The molecule has 1 unspecified atom stereocenters. The zero-order valence-electron chi connectivity index (χ0n) is 11.1. The third-order valence-electron chi connectivity index (χ3n) is 2.59. The van der Waals surface area contributed by atoms with Gasteiger partial charge in [0.15, 0.2) is 0 Å². The first-order chi connectivity index (χ1) is 7.94. The van der Waals surface area contributed by atoms with E-state index in [4.69, 9.17) is 15.2 Å². The van der Waals surface area contributed by atoms with Crippen molar-refractivity contribution in [2.24, 2.45) is 5.73 Å². The van der Waals surface area contributed by atoms with E-state index in [2.05, 4.69) is 0 Å². The number of primary amides is 1. The Morgan fingerprint density at radius 1 is 1.41 bits per heavy atom. The van der Waals surface area contributed by atoms with Crippen LogP contribution in [-0.2, 0) is 14.3 Å². The Kier molecular flexibility index (Phi) is 8.41. The summed E-state index contributed by atoms with van der Waals surface area (Å²) >= 11 is 0. The summed E-state index contributed by atoms with van der Waals surface area (Å²) in [5.41, 5.74) is 3.69. The lowest BCUT2D eigenvalue weighted by atomic mass is 10.0. The molecule has 1 amide bonds. The summed E-state index contributed by atoms with van der Waals surface area (Å²) < 4.78 is 10.9. The Morgan fingerprint density at radius 3 is 2.35 bits per heavy atom. The van der Waals surface area contributed by atoms with E-state index in [0.29, 0.717) is 19.6 Å². The highest BCUT2D eigenvalue weighted by Crippen LogP contribution is 2.13. The van der Waals surface area contributed by atoms with Crippen molar-refractivity contribution in [3.8, 4) is 0 Å². The molecule has 0 aliphatic heterocycles. The van der Waals surface area contributed by atoms with Gasteiger partial charge in [-0.05, 0) is 27.2 Å². The van der Waals surface area contributed by atoms with E-state index >= 15 is 0 Å². The van der Waals surface area contributed by atoms with Gasteiger partial charge in [-0.3, -0.25) is 4.79 Å². The van der Waals surface area contributed by atoms with Crippen molar-refractivity contribution in [3.63, 3.8) is 0 Å². The number of hydrogen-bond donors (Lipinski definition) is 2. The summed E-state index contributed by atoms with van der Waals surface area (Å²) in [4.78, 5) is 10.9. The second kappa shape index (κ2) is 8.63. The molecule has 0 bridgehead atoms. The van der Waals surface area contributed by atoms with Gasteiger partial charge in [-0.1, -0.05) is 12.5 Å². The van der Waals surface area contributed by atoms with Gasteiger partial charge in [-0.2, -0.15) is 0 Å². The molecule has 0 aliphatic carbocycles. The van der Waals surface area contributed by atoms with E-state index in [-0.39, 0.29) is 5.91 Å². The average Bonchev–Trinajstić information content (AvgIpc) is 2.24. The SMILES string of the molecule is CCOC(OCC)[SiH2]CCCC(C)(O)C(N)=O. The first kappa shape index (κ1) is 16.6. The molecule has 0 heterocycles. The van der Waals surface area contributed by atoms with Crippen LogP contribution >= 0.6 is 0 Å². The summed E-state index contributed by atoms with van der Waals surface area (Å²) in [5, 5.41) is 9.64. The van der Waals surface area contributed by atoms with Gasteiger partial charge in [-0.15, -0.1) is 0 Å². The number of aliphatic hydroxyl groups is 1. The maximum absolute atomic E-state index is 10.9. The van der Waals surface area contributed by atoms with Crippen LogP contribution in [0.4, 0.5) is 0 Å². The van der Waals surface area contributed by atoms with Crippen LogP contribution in [0.25, 0.3) is 0 Å². The molecule has 0 radical (unpaired) electrons. The fourth-order valence-electron chi connectivity index (χ4n) is 1.49. The molecule has 0 aliphatic rings. The van der Waals surface area contributed by atoms with E-state index in [1.54, 1.807) is 0 Å². The lowest BCUT2D eigenvalue weighted by molar-refractivity contribution is -0.135. The van der Waals surface area contributed by atoms with Gasteiger partial charge < -0.3 is 20.3 Å². The molecule has 0 aromatic heterocycles. The molecule has 3 N–H and O–H groups in total. The maximum atomic E-state index is 10.9. The van der Waals surface area contributed by atoms with Gasteiger partial charge in [-0.25, -0.2) is 0 Å². The molecular formula is C11H25NO4Si. The molecule has 1 atom stereocenters. The largest absolute Gasteiger partial charge is 0.380 e. The highest BCUT2D eigenvalue weighted by Gasteiger charge is 2.26. The lowest BCUT2D eigenvalue weighted by Crippen LogP contribution is -2.40. The molecule has 5 nitrogen and oxygen atoms in total. The van der Waals surface area contributed by atoms with Crippen LogP contribution < -0.4 is 5.73 Å². The Bertz CT molecular complexity index is 218. The summed E-state index contributed by atoms with van der Waals surface area (Å²) in [5.74, 6) is -0.714. The smallest absolute Gasteiger partial charge is 0.249 e. The van der Waals surface area contributed by atoms with Gasteiger partial charge in [0.2, 0.25) is 5.91 Å². The second-order valence-corrected chi connectivity index (χ2v) is 6.18. The van der Waals surface area contributed by atoms with Crippen LogP contribution in [0.15, 0.2) is 0 Å². The number of hydrogen-bond acceptors (Lipinski definition) is 4. The molecule has 0 aromatic rings. The predicted octanol–water partition coefficient (Wildman–Crippen LogP) is -0.0534. The number of carbonyl (C=O) groups is 1. The molecule has 102 valence electrons. The van der Waals surface area contributed by atoms with E-state index in [9.17, 15) is 9.90 Å². The van der Waals surface area contributed by atoms with Crippen molar-refractivity contribution in [2.75, 3.05) is 13.2 Å². The molecule has 0 aromatic carbocycles. The summed E-state index contributed by atoms with van der Waals surface area (Å²) in [6, 6.07) is 0.966. The summed E-state index contributed by atoms with van der Waals surface area (Å²) in [6.07, 6.45) is 1.18. The van der Waals surface area contributed by atoms with Crippen molar-refractivity contribution in [1.29, 1.82) is 0 Å². The molecule has 0 spiro atoms. The molecule has 0 rings (SSSR count). The fourth-order valence-corrected chi connectivity index (χ4v) is 3.17. The Morgan fingerprint density at radius 2 is 1.94 bits per heavy atom. The van der Waals surface area contributed by atoms with Gasteiger partial charge in [0.05, 0.1) is 9.52 Å². The van der Waals surface area contributed by atoms with Crippen LogP contribution in [0.5, 0.6) is 0 Å². The third-order valence-corrected chi connectivity index (χ3v) is 4.44. The first-order valence-electron chi connectivity index (χ1n) is 6.19. The number of carbonyl (C=O) groups excluding carboxylic acids is 1. The Hall–Kier alpha value is -0.433. The minimum absolute atomic E-state index is 0.0523. The topological polar surface area (TPSA) is 81.8 Å². The second-order valence-electron chi connectivity index (χ2n) is 4.22. The molecule has 17 heavy (non-hydrogen) atoms. The van der Waals surface area contributed by atoms with Gasteiger partial charge in [0, 0.05) is 13.2 Å².